The van der Waals surface area contributed by atoms with Crippen LogP contribution in [0, 0.1) is 0 Å². The van der Waals surface area contributed by atoms with Crippen molar-refractivity contribution in [3.05, 3.63) is 48.5 Å². The van der Waals surface area contributed by atoms with Gasteiger partial charge in [0.25, 0.3) is 20.0 Å². The van der Waals surface area contributed by atoms with E-state index in [0.29, 0.717) is 0 Å². The van der Waals surface area contributed by atoms with Crippen molar-refractivity contribution < 1.29 is 40.6 Å². The minimum absolute atomic E-state index is 0.0114. The molecule has 33 heavy (non-hydrogen) atoms. The van der Waals surface area contributed by atoms with Crippen LogP contribution in [0.1, 0.15) is 13.8 Å². The normalized spacial score (nSPS) is 11.4. The fourth-order valence-corrected chi connectivity index (χ4v) is 4.21. The van der Waals surface area contributed by atoms with E-state index in [1.165, 1.54) is 38.1 Å². The van der Waals surface area contributed by atoms with Crippen LogP contribution in [-0.4, -0.2) is 51.1 Å². The third-order valence-corrected chi connectivity index (χ3v) is 6.96. The zero-order valence-corrected chi connectivity index (χ0v) is 19.2. The van der Waals surface area contributed by atoms with Crippen molar-refractivity contribution >= 4 is 32.2 Å². The molecule has 180 valence electrons. The number of nitrogens with zero attached hydrogens (tertiary/aromatic N) is 2. The number of carbonyl (C=O) groups is 2. The Kier molecular flexibility index (Phi) is 8.21. The number of sulfonamides is 2. The molecule has 4 N–H and O–H groups in total. The minimum atomic E-state index is -4.33. The summed E-state index contributed by atoms with van der Waals surface area (Å²) in [5, 5.41) is 0. The maximum atomic E-state index is 12.3. The fraction of sp³-hybridized carbons (Fsp3) is 0.222. The molecule has 0 aliphatic rings. The Bertz CT molecular complexity index is 1100. The maximum Gasteiger partial charge on any atom is 0.438 e. The summed E-state index contributed by atoms with van der Waals surface area (Å²) in [6, 6.07) is 9.86. The van der Waals surface area contributed by atoms with Crippen molar-refractivity contribution in [3.63, 3.8) is 0 Å². The van der Waals surface area contributed by atoms with Gasteiger partial charge in [0.05, 0.1) is 23.0 Å². The van der Waals surface area contributed by atoms with E-state index in [-0.39, 0.29) is 43.3 Å². The Labute approximate surface area is 190 Å². The predicted octanol–water partition coefficient (Wildman–Crippen LogP) is 1.52. The second kappa shape index (κ2) is 10.5. The van der Waals surface area contributed by atoms with Gasteiger partial charge in [0.2, 0.25) is 0 Å². The summed E-state index contributed by atoms with van der Waals surface area (Å²) in [7, 11) is -8.66. The van der Waals surface area contributed by atoms with E-state index in [2.05, 4.69) is 9.47 Å². The second-order valence-electron chi connectivity index (χ2n) is 6.04. The molecule has 0 saturated heterocycles. The zero-order valence-electron chi connectivity index (χ0n) is 17.6. The standard InChI is InChI=1S/C18H22N4O9S2/c1-3-29-17(23)21(19)32(25,26)15-9-5-13(6-10-15)31-14-7-11-16(12-8-14)33(27,28)22(20)18(24)30-4-2/h5-12H,3-4,19-20H2,1-2H3. The van der Waals surface area contributed by atoms with Crippen LogP contribution in [0.2, 0.25) is 0 Å². The zero-order chi connectivity index (χ0) is 24.8. The average molecular weight is 503 g/mol. The number of hydrogen-bond acceptors (Lipinski definition) is 11. The molecule has 0 aliphatic heterocycles. The molecule has 0 aliphatic carbocycles. The molecular weight excluding hydrogens is 480 g/mol. The number of rotatable bonds is 8. The summed E-state index contributed by atoms with van der Waals surface area (Å²) < 4.78 is 64.0. The predicted molar refractivity (Wildman–Crippen MR) is 113 cm³/mol. The van der Waals surface area contributed by atoms with Gasteiger partial charge in [-0.05, 0) is 62.4 Å². The maximum absolute atomic E-state index is 12.3. The molecule has 2 rings (SSSR count). The van der Waals surface area contributed by atoms with Gasteiger partial charge in [-0.2, -0.15) is 16.8 Å². The minimum Gasteiger partial charge on any atom is -0.457 e. The molecule has 0 spiro atoms. The number of ether oxygens (including phenoxy) is 3. The molecule has 0 unspecified atom stereocenters. The molecule has 15 heteroatoms. The van der Waals surface area contributed by atoms with Gasteiger partial charge >= 0.3 is 12.2 Å². The molecule has 0 fully saturated rings. The smallest absolute Gasteiger partial charge is 0.438 e. The van der Waals surface area contributed by atoms with E-state index in [1.54, 1.807) is 0 Å². The molecule has 0 atom stereocenters. The van der Waals surface area contributed by atoms with Crippen molar-refractivity contribution in [1.82, 2.24) is 8.83 Å². The van der Waals surface area contributed by atoms with Gasteiger partial charge in [-0.25, -0.2) is 21.3 Å². The number of benzene rings is 2. The first-order valence-electron chi connectivity index (χ1n) is 9.26. The largest absolute Gasteiger partial charge is 0.457 e. The Morgan fingerprint density at radius 3 is 1.27 bits per heavy atom. The van der Waals surface area contributed by atoms with Crippen LogP contribution in [0.5, 0.6) is 11.5 Å². The summed E-state index contributed by atoms with van der Waals surface area (Å²) in [5.41, 5.74) is 0. The van der Waals surface area contributed by atoms with E-state index in [4.69, 9.17) is 16.4 Å². The number of amides is 2. The lowest BCUT2D eigenvalue weighted by atomic mass is 10.3. The third-order valence-electron chi connectivity index (χ3n) is 3.89. The van der Waals surface area contributed by atoms with E-state index in [0.717, 1.165) is 24.3 Å². The van der Waals surface area contributed by atoms with Crippen LogP contribution in [-0.2, 0) is 29.5 Å². The van der Waals surface area contributed by atoms with E-state index in [1.807, 2.05) is 0 Å². The molecule has 0 saturated carbocycles. The van der Waals surface area contributed by atoms with E-state index in [9.17, 15) is 26.4 Å². The monoisotopic (exact) mass is 502 g/mol. The van der Waals surface area contributed by atoms with Gasteiger partial charge in [-0.3, -0.25) is 0 Å². The highest BCUT2D eigenvalue weighted by molar-refractivity contribution is 7.89. The molecule has 2 amide bonds. The fourth-order valence-electron chi connectivity index (χ4n) is 2.29. The Hall–Kier alpha value is -3.40. The number of hydrogen-bond donors (Lipinski definition) is 2. The van der Waals surface area contributed by atoms with Crippen LogP contribution >= 0.6 is 0 Å². The molecule has 0 bridgehead atoms. The lowest BCUT2D eigenvalue weighted by molar-refractivity contribution is 0.130. The number of nitrogens with two attached hydrogens (primary N) is 2. The first-order chi connectivity index (χ1) is 15.4. The molecule has 0 radical (unpaired) electrons. The molecule has 13 nitrogen and oxygen atoms in total. The Morgan fingerprint density at radius 2 is 1.00 bits per heavy atom. The van der Waals surface area contributed by atoms with Gasteiger partial charge in [0.15, 0.2) is 0 Å². The summed E-state index contributed by atoms with van der Waals surface area (Å²) in [4.78, 5) is 22.6. The Balaban J connectivity index is 2.15. The first kappa shape index (κ1) is 25.9. The van der Waals surface area contributed by atoms with Gasteiger partial charge in [0, 0.05) is 0 Å². The first-order valence-corrected chi connectivity index (χ1v) is 12.1. The van der Waals surface area contributed by atoms with Gasteiger partial charge in [-0.1, -0.05) is 0 Å². The Morgan fingerprint density at radius 1 is 0.697 bits per heavy atom. The second-order valence-corrected chi connectivity index (χ2v) is 9.67. The summed E-state index contributed by atoms with van der Waals surface area (Å²) in [5.74, 6) is 11.1. The molecule has 0 heterocycles. The van der Waals surface area contributed by atoms with Crippen molar-refractivity contribution in [2.24, 2.45) is 11.7 Å². The molecule has 0 aromatic heterocycles. The van der Waals surface area contributed by atoms with Crippen LogP contribution in [0.15, 0.2) is 58.3 Å². The van der Waals surface area contributed by atoms with Gasteiger partial charge in [-0.15, -0.1) is 8.83 Å². The van der Waals surface area contributed by atoms with Crippen molar-refractivity contribution in [3.8, 4) is 11.5 Å². The average Bonchev–Trinajstić information content (AvgIpc) is 2.79. The van der Waals surface area contributed by atoms with Crippen LogP contribution in [0.25, 0.3) is 0 Å². The van der Waals surface area contributed by atoms with E-state index >= 15 is 0 Å². The topological polar surface area (TPSA) is 189 Å². The van der Waals surface area contributed by atoms with Crippen LogP contribution in [0.3, 0.4) is 0 Å². The molecule has 2 aromatic carbocycles. The summed E-state index contributed by atoms with van der Waals surface area (Å²) in [6.07, 6.45) is -2.46. The van der Waals surface area contributed by atoms with Crippen molar-refractivity contribution in [2.75, 3.05) is 13.2 Å². The lowest BCUT2D eigenvalue weighted by Gasteiger charge is -2.16. The molecule has 2 aromatic rings. The lowest BCUT2D eigenvalue weighted by Crippen LogP contribution is -2.42. The summed E-state index contributed by atoms with van der Waals surface area (Å²) in [6.45, 7) is 2.89. The van der Waals surface area contributed by atoms with Crippen molar-refractivity contribution in [2.45, 2.75) is 23.6 Å². The van der Waals surface area contributed by atoms with Gasteiger partial charge < -0.3 is 14.2 Å². The van der Waals surface area contributed by atoms with Crippen molar-refractivity contribution in [1.29, 1.82) is 0 Å². The van der Waals surface area contributed by atoms with Crippen LogP contribution in [0.4, 0.5) is 9.59 Å². The highest BCUT2D eigenvalue weighted by atomic mass is 32.2. The van der Waals surface area contributed by atoms with Crippen LogP contribution < -0.4 is 16.4 Å². The molecular formula is C18H22N4O9S2. The van der Waals surface area contributed by atoms with E-state index < -0.39 is 32.2 Å². The summed E-state index contributed by atoms with van der Waals surface area (Å²) >= 11 is 0. The number of carbonyl (C=O) groups excluding carboxylic acids is 2. The third kappa shape index (κ3) is 5.89. The highest BCUT2D eigenvalue weighted by Crippen LogP contribution is 2.25. The number of hydrazine groups is 2. The van der Waals surface area contributed by atoms with Gasteiger partial charge in [0.1, 0.15) is 11.5 Å². The highest BCUT2D eigenvalue weighted by Gasteiger charge is 2.29. The quantitative estimate of drug-likeness (QED) is 0.302. The SMILES string of the molecule is CCOC(=O)N(N)S(=O)(=O)c1ccc(Oc2ccc(S(=O)(=O)N(N)C(=O)OCC)cc2)cc1.